The van der Waals surface area contributed by atoms with Crippen LogP contribution in [0, 0.1) is 17.2 Å². The lowest BCUT2D eigenvalue weighted by Gasteiger charge is -2.19. The second kappa shape index (κ2) is 6.40. The molecule has 0 saturated carbocycles. The van der Waals surface area contributed by atoms with Gasteiger partial charge in [-0.3, -0.25) is 9.69 Å². The van der Waals surface area contributed by atoms with E-state index >= 15 is 0 Å². The molecule has 0 aliphatic carbocycles. The Kier molecular flexibility index (Phi) is 5.85. The van der Waals surface area contributed by atoms with Gasteiger partial charge in [0.15, 0.2) is 0 Å². The number of rotatable bonds is 6. The van der Waals surface area contributed by atoms with Crippen molar-refractivity contribution in [2.45, 2.75) is 6.92 Å². The van der Waals surface area contributed by atoms with E-state index in [1.807, 2.05) is 6.07 Å². The van der Waals surface area contributed by atoms with Crippen LogP contribution >= 0.6 is 0 Å². The molecule has 0 aromatic heterocycles. The Morgan fingerprint density at radius 3 is 2.69 bits per heavy atom. The van der Waals surface area contributed by atoms with Gasteiger partial charge in [0.1, 0.15) is 0 Å². The van der Waals surface area contributed by atoms with Crippen molar-refractivity contribution in [3.8, 4) is 6.07 Å². The van der Waals surface area contributed by atoms with Crippen LogP contribution in [0.15, 0.2) is 0 Å². The molecule has 0 aliphatic rings. The first-order chi connectivity index (χ1) is 6.11. The summed E-state index contributed by atoms with van der Waals surface area (Å²) in [5.41, 5.74) is 0. The minimum atomic E-state index is -0.888. The van der Waals surface area contributed by atoms with Crippen molar-refractivity contribution in [3.05, 3.63) is 0 Å². The molecule has 5 nitrogen and oxygen atoms in total. The Bertz CT molecular complexity index is 200. The topological polar surface area (TPSA) is 84.6 Å². The first kappa shape index (κ1) is 11.9. The average Bonchev–Trinajstić information content (AvgIpc) is 2.05. The first-order valence-electron chi connectivity index (χ1n) is 4.04. The number of hydrogen-bond donors (Lipinski definition) is 2. The van der Waals surface area contributed by atoms with Crippen LogP contribution in [0.5, 0.6) is 0 Å². The second-order valence-corrected chi connectivity index (χ2v) is 2.86. The maximum atomic E-state index is 10.5. The zero-order chi connectivity index (χ0) is 10.3. The number of nitrogens with zero attached hydrogens (tertiary/aromatic N) is 2. The average molecular weight is 186 g/mol. The summed E-state index contributed by atoms with van der Waals surface area (Å²) in [6.45, 7) is 2.30. The zero-order valence-corrected chi connectivity index (χ0v) is 7.60. The van der Waals surface area contributed by atoms with Gasteiger partial charge >= 0.3 is 5.97 Å². The molecule has 2 N–H and O–H groups in total. The summed E-state index contributed by atoms with van der Waals surface area (Å²) in [7, 11) is 0. The van der Waals surface area contributed by atoms with E-state index in [9.17, 15) is 4.79 Å². The van der Waals surface area contributed by atoms with Gasteiger partial charge in [0.25, 0.3) is 0 Å². The number of aliphatic hydroxyl groups is 1. The molecule has 0 aromatic carbocycles. The maximum Gasteiger partial charge on any atom is 0.307 e. The Balaban J connectivity index is 3.94. The monoisotopic (exact) mass is 186 g/mol. The lowest BCUT2D eigenvalue weighted by atomic mass is 10.2. The lowest BCUT2D eigenvalue weighted by Crippen LogP contribution is -2.34. The summed E-state index contributed by atoms with van der Waals surface area (Å²) in [6, 6.07) is 1.92. The smallest absolute Gasteiger partial charge is 0.307 e. The van der Waals surface area contributed by atoms with E-state index in [1.165, 1.54) is 0 Å². The van der Waals surface area contributed by atoms with Crippen LogP contribution in [-0.4, -0.2) is 47.3 Å². The van der Waals surface area contributed by atoms with Gasteiger partial charge in [-0.2, -0.15) is 5.26 Å². The third-order valence-corrected chi connectivity index (χ3v) is 1.66. The Morgan fingerprint density at radius 2 is 2.31 bits per heavy atom. The van der Waals surface area contributed by atoms with E-state index in [2.05, 4.69) is 0 Å². The van der Waals surface area contributed by atoms with Crippen LogP contribution in [0.2, 0.25) is 0 Å². The quantitative estimate of drug-likeness (QED) is 0.547. The minimum Gasteiger partial charge on any atom is -0.481 e. The molecule has 1 atom stereocenters. The molecule has 1 unspecified atom stereocenters. The SMILES string of the molecule is CC(CN(CC#N)CCO)C(=O)O. The highest BCUT2D eigenvalue weighted by Crippen LogP contribution is 1.99. The van der Waals surface area contributed by atoms with Crippen molar-refractivity contribution in [2.24, 2.45) is 5.92 Å². The highest BCUT2D eigenvalue weighted by atomic mass is 16.4. The molecule has 74 valence electrons. The van der Waals surface area contributed by atoms with E-state index in [0.29, 0.717) is 13.1 Å². The molecule has 0 heterocycles. The van der Waals surface area contributed by atoms with Gasteiger partial charge in [0, 0.05) is 13.1 Å². The molecule has 0 radical (unpaired) electrons. The number of carboxylic acid groups (broad SMARTS) is 1. The van der Waals surface area contributed by atoms with Gasteiger partial charge in [-0.1, -0.05) is 6.92 Å². The zero-order valence-electron chi connectivity index (χ0n) is 7.60. The van der Waals surface area contributed by atoms with Gasteiger partial charge in [-0.05, 0) is 0 Å². The number of aliphatic hydroxyl groups excluding tert-OH is 1. The van der Waals surface area contributed by atoms with Crippen molar-refractivity contribution in [2.75, 3.05) is 26.2 Å². The van der Waals surface area contributed by atoms with E-state index < -0.39 is 11.9 Å². The van der Waals surface area contributed by atoms with E-state index in [0.717, 1.165) is 0 Å². The summed E-state index contributed by atoms with van der Waals surface area (Å²) >= 11 is 0. The normalized spacial score (nSPS) is 12.5. The summed E-state index contributed by atoms with van der Waals surface area (Å²) in [4.78, 5) is 12.1. The highest BCUT2D eigenvalue weighted by molar-refractivity contribution is 5.69. The van der Waals surface area contributed by atoms with E-state index in [4.69, 9.17) is 15.5 Å². The van der Waals surface area contributed by atoms with E-state index in [1.54, 1.807) is 11.8 Å². The lowest BCUT2D eigenvalue weighted by molar-refractivity contribution is -0.141. The third kappa shape index (κ3) is 5.17. The fourth-order valence-corrected chi connectivity index (χ4v) is 0.942. The molecule has 13 heavy (non-hydrogen) atoms. The largest absolute Gasteiger partial charge is 0.481 e. The molecular weight excluding hydrogens is 172 g/mol. The molecule has 0 aromatic rings. The third-order valence-electron chi connectivity index (χ3n) is 1.66. The van der Waals surface area contributed by atoms with E-state index in [-0.39, 0.29) is 13.2 Å². The van der Waals surface area contributed by atoms with Crippen LogP contribution < -0.4 is 0 Å². The molecule has 0 bridgehead atoms. The van der Waals surface area contributed by atoms with Crippen LogP contribution in [-0.2, 0) is 4.79 Å². The predicted octanol–water partition coefficient (Wildman–Crippen LogP) is -0.475. The molecule has 0 spiro atoms. The van der Waals surface area contributed by atoms with Crippen LogP contribution in [0.4, 0.5) is 0 Å². The first-order valence-corrected chi connectivity index (χ1v) is 4.04. The van der Waals surface area contributed by atoms with Crippen LogP contribution in [0.25, 0.3) is 0 Å². The highest BCUT2D eigenvalue weighted by Gasteiger charge is 2.15. The fourth-order valence-electron chi connectivity index (χ4n) is 0.942. The molecule has 5 heteroatoms. The van der Waals surface area contributed by atoms with Gasteiger partial charge in [0.2, 0.25) is 0 Å². The minimum absolute atomic E-state index is 0.0615. The van der Waals surface area contributed by atoms with Crippen molar-refractivity contribution >= 4 is 5.97 Å². The Labute approximate surface area is 77.2 Å². The van der Waals surface area contributed by atoms with Crippen molar-refractivity contribution in [3.63, 3.8) is 0 Å². The Morgan fingerprint density at radius 1 is 1.69 bits per heavy atom. The summed E-state index contributed by atoms with van der Waals surface area (Å²) in [5.74, 6) is -1.40. The fraction of sp³-hybridized carbons (Fsp3) is 0.750. The summed E-state index contributed by atoms with van der Waals surface area (Å²) < 4.78 is 0. The number of carboxylic acids is 1. The van der Waals surface area contributed by atoms with Gasteiger partial charge in [-0.15, -0.1) is 0 Å². The maximum absolute atomic E-state index is 10.5. The number of hydrogen-bond acceptors (Lipinski definition) is 4. The van der Waals surface area contributed by atoms with Gasteiger partial charge in [-0.25, -0.2) is 0 Å². The summed E-state index contributed by atoms with van der Waals surface area (Å²) in [5, 5.41) is 25.6. The molecule has 0 amide bonds. The Hall–Kier alpha value is -1.12. The summed E-state index contributed by atoms with van der Waals surface area (Å²) in [6.07, 6.45) is 0. The predicted molar refractivity (Wildman–Crippen MR) is 45.9 cm³/mol. The van der Waals surface area contributed by atoms with Crippen molar-refractivity contribution in [1.29, 1.82) is 5.26 Å². The van der Waals surface area contributed by atoms with Crippen LogP contribution in [0.1, 0.15) is 6.92 Å². The van der Waals surface area contributed by atoms with Gasteiger partial charge < -0.3 is 10.2 Å². The molecule has 0 aliphatic heterocycles. The van der Waals surface area contributed by atoms with Crippen molar-refractivity contribution < 1.29 is 15.0 Å². The van der Waals surface area contributed by atoms with Crippen LogP contribution in [0.3, 0.4) is 0 Å². The molecular formula is C8H14N2O3. The number of nitriles is 1. The van der Waals surface area contributed by atoms with Gasteiger partial charge in [0.05, 0.1) is 25.1 Å². The standard InChI is InChI=1S/C8H14N2O3/c1-7(8(12)13)6-10(3-2-9)4-5-11/h7,11H,3-6H2,1H3,(H,12,13). The second-order valence-electron chi connectivity index (χ2n) is 2.86. The molecule has 0 saturated heterocycles. The molecule has 0 rings (SSSR count). The number of carbonyl (C=O) groups is 1. The molecule has 0 fully saturated rings. The van der Waals surface area contributed by atoms with Crippen molar-refractivity contribution in [1.82, 2.24) is 4.90 Å². The number of aliphatic carboxylic acids is 1.